The summed E-state index contributed by atoms with van der Waals surface area (Å²) < 4.78 is 22.8. The molecule has 26 heavy (non-hydrogen) atoms. The Balaban J connectivity index is 1.55. The van der Waals surface area contributed by atoms with Gasteiger partial charge in [0, 0.05) is 4.47 Å². The number of benzene rings is 2. The summed E-state index contributed by atoms with van der Waals surface area (Å²) >= 11 is 6.74. The number of methoxy groups -OCH3 is 1. The van der Waals surface area contributed by atoms with Crippen molar-refractivity contribution in [3.05, 3.63) is 44.8 Å². The highest BCUT2D eigenvalue weighted by Crippen LogP contribution is 2.38. The van der Waals surface area contributed by atoms with Crippen molar-refractivity contribution in [2.24, 2.45) is 5.10 Å². The Labute approximate surface area is 166 Å². The van der Waals surface area contributed by atoms with Gasteiger partial charge < -0.3 is 18.9 Å². The van der Waals surface area contributed by atoms with Crippen molar-refractivity contribution >= 4 is 44.0 Å². The van der Waals surface area contributed by atoms with Gasteiger partial charge in [0.25, 0.3) is 5.91 Å². The first-order chi connectivity index (χ1) is 12.6. The van der Waals surface area contributed by atoms with Crippen LogP contribution in [0.1, 0.15) is 5.56 Å². The Hall–Kier alpha value is -2.26. The number of carbonyl (C=O) groups excluding carboxylic acids is 1. The smallest absolute Gasteiger partial charge is 0.277 e. The van der Waals surface area contributed by atoms with Crippen molar-refractivity contribution in [1.29, 1.82) is 0 Å². The first-order valence-corrected chi connectivity index (χ1v) is 9.03. The van der Waals surface area contributed by atoms with Crippen LogP contribution in [-0.4, -0.2) is 32.6 Å². The maximum atomic E-state index is 11.9. The molecular formula is C17H14Br2N2O5. The van der Waals surface area contributed by atoms with Gasteiger partial charge in [-0.3, -0.25) is 4.79 Å². The number of hydrazone groups is 1. The average molecular weight is 486 g/mol. The number of halogens is 2. The lowest BCUT2D eigenvalue weighted by Gasteiger charge is -2.12. The van der Waals surface area contributed by atoms with E-state index < -0.39 is 5.91 Å². The van der Waals surface area contributed by atoms with E-state index in [4.69, 9.17) is 18.9 Å². The Morgan fingerprint density at radius 3 is 2.88 bits per heavy atom. The van der Waals surface area contributed by atoms with Crippen molar-refractivity contribution in [2.75, 3.05) is 20.5 Å². The van der Waals surface area contributed by atoms with Crippen LogP contribution in [0.25, 0.3) is 0 Å². The first kappa shape index (κ1) is 18.5. The van der Waals surface area contributed by atoms with E-state index in [-0.39, 0.29) is 13.4 Å². The van der Waals surface area contributed by atoms with Crippen LogP contribution in [0.5, 0.6) is 23.0 Å². The highest BCUT2D eigenvalue weighted by atomic mass is 79.9. The number of hydrogen-bond donors (Lipinski definition) is 1. The van der Waals surface area contributed by atoms with E-state index >= 15 is 0 Å². The molecule has 0 radical (unpaired) electrons. The predicted molar refractivity (Wildman–Crippen MR) is 102 cm³/mol. The summed E-state index contributed by atoms with van der Waals surface area (Å²) in [7, 11) is 1.52. The third-order valence-corrected chi connectivity index (χ3v) is 4.39. The standard InChI is InChI=1S/C17H14Br2N2O5/c1-23-15-6-11(18)5-12(19)17(15)24-8-16(22)21-20-7-10-2-3-13-14(4-10)26-9-25-13/h2-7H,8-9H2,1H3,(H,21,22). The van der Waals surface area contributed by atoms with Gasteiger partial charge in [-0.25, -0.2) is 5.43 Å². The molecule has 1 amide bonds. The molecule has 0 saturated carbocycles. The van der Waals surface area contributed by atoms with E-state index in [0.717, 1.165) is 10.0 Å². The normalized spacial score (nSPS) is 12.3. The molecule has 1 aliphatic heterocycles. The molecular weight excluding hydrogens is 472 g/mol. The zero-order chi connectivity index (χ0) is 18.5. The number of ether oxygens (including phenoxy) is 4. The van der Waals surface area contributed by atoms with Crippen LogP contribution in [0.3, 0.4) is 0 Å². The lowest BCUT2D eigenvalue weighted by molar-refractivity contribution is -0.123. The van der Waals surface area contributed by atoms with Gasteiger partial charge in [0.1, 0.15) is 0 Å². The molecule has 1 heterocycles. The van der Waals surface area contributed by atoms with Crippen LogP contribution < -0.4 is 24.4 Å². The summed E-state index contributed by atoms with van der Waals surface area (Å²) in [6.07, 6.45) is 1.51. The van der Waals surface area contributed by atoms with Crippen molar-refractivity contribution < 1.29 is 23.7 Å². The summed E-state index contributed by atoms with van der Waals surface area (Å²) in [5, 5.41) is 3.91. The Kier molecular flexibility index (Phi) is 6.00. The van der Waals surface area contributed by atoms with E-state index in [2.05, 4.69) is 42.4 Å². The SMILES string of the molecule is COc1cc(Br)cc(Br)c1OCC(=O)NN=Cc1ccc2c(c1)OCO2. The lowest BCUT2D eigenvalue weighted by atomic mass is 10.2. The fourth-order valence-electron chi connectivity index (χ4n) is 2.17. The molecule has 2 aromatic carbocycles. The second-order valence-corrected chi connectivity index (χ2v) is 6.88. The van der Waals surface area contributed by atoms with Gasteiger partial charge in [-0.05, 0) is 51.8 Å². The van der Waals surface area contributed by atoms with Crippen LogP contribution in [0, 0.1) is 0 Å². The summed E-state index contributed by atoms with van der Waals surface area (Å²) in [5.41, 5.74) is 3.18. The van der Waals surface area contributed by atoms with Gasteiger partial charge >= 0.3 is 0 Å². The summed E-state index contributed by atoms with van der Waals surface area (Å²) in [6.45, 7) is -0.00580. The minimum Gasteiger partial charge on any atom is -0.493 e. The maximum absolute atomic E-state index is 11.9. The highest BCUT2D eigenvalue weighted by Gasteiger charge is 2.14. The molecule has 0 atom stereocenters. The van der Waals surface area contributed by atoms with E-state index in [1.54, 1.807) is 24.3 Å². The van der Waals surface area contributed by atoms with E-state index in [1.165, 1.54) is 13.3 Å². The first-order valence-electron chi connectivity index (χ1n) is 7.44. The van der Waals surface area contributed by atoms with Crippen LogP contribution in [0.4, 0.5) is 0 Å². The molecule has 1 aliphatic rings. The van der Waals surface area contributed by atoms with Crippen molar-refractivity contribution in [3.63, 3.8) is 0 Å². The molecule has 0 aliphatic carbocycles. The molecule has 2 aromatic rings. The summed E-state index contributed by atoms with van der Waals surface area (Å²) in [4.78, 5) is 11.9. The van der Waals surface area contributed by atoms with Gasteiger partial charge in [0.15, 0.2) is 29.6 Å². The minimum absolute atomic E-state index is 0.207. The summed E-state index contributed by atoms with van der Waals surface area (Å²) in [5.74, 6) is 1.87. The van der Waals surface area contributed by atoms with Gasteiger partial charge in [0.2, 0.25) is 6.79 Å². The molecule has 0 bridgehead atoms. The molecule has 0 fully saturated rings. The topological polar surface area (TPSA) is 78.4 Å². The Bertz CT molecular complexity index is 857. The van der Waals surface area contributed by atoms with Crippen LogP contribution >= 0.6 is 31.9 Å². The van der Waals surface area contributed by atoms with Gasteiger partial charge in [-0.2, -0.15) is 5.10 Å². The number of nitrogens with one attached hydrogen (secondary N) is 1. The number of fused-ring (bicyclic) bond motifs is 1. The van der Waals surface area contributed by atoms with Gasteiger partial charge in [0.05, 0.1) is 17.8 Å². The minimum atomic E-state index is -0.404. The van der Waals surface area contributed by atoms with Gasteiger partial charge in [-0.15, -0.1) is 0 Å². The number of carbonyl (C=O) groups is 1. The van der Waals surface area contributed by atoms with Crippen LogP contribution in [-0.2, 0) is 4.79 Å². The molecule has 3 rings (SSSR count). The average Bonchev–Trinajstić information content (AvgIpc) is 3.08. The third kappa shape index (κ3) is 4.47. The molecule has 0 unspecified atom stereocenters. The van der Waals surface area contributed by atoms with E-state index in [9.17, 15) is 4.79 Å². The number of rotatable bonds is 6. The van der Waals surface area contributed by atoms with E-state index in [1.807, 2.05) is 6.07 Å². The molecule has 0 saturated heterocycles. The molecule has 7 nitrogen and oxygen atoms in total. The molecule has 0 aromatic heterocycles. The third-order valence-electron chi connectivity index (χ3n) is 3.34. The number of hydrogen-bond acceptors (Lipinski definition) is 6. The Morgan fingerprint density at radius 2 is 2.08 bits per heavy atom. The fourth-order valence-corrected chi connectivity index (χ4v) is 3.47. The predicted octanol–water partition coefficient (Wildman–Crippen LogP) is 3.48. The van der Waals surface area contributed by atoms with Crippen LogP contribution in [0.15, 0.2) is 44.4 Å². The molecule has 0 spiro atoms. The zero-order valence-corrected chi connectivity index (χ0v) is 16.8. The largest absolute Gasteiger partial charge is 0.493 e. The maximum Gasteiger partial charge on any atom is 0.277 e. The second-order valence-electron chi connectivity index (χ2n) is 5.11. The second kappa shape index (κ2) is 8.41. The van der Waals surface area contributed by atoms with Gasteiger partial charge in [-0.1, -0.05) is 15.9 Å². The monoisotopic (exact) mass is 484 g/mol. The number of amides is 1. The molecule has 136 valence electrons. The fraction of sp³-hybridized carbons (Fsp3) is 0.176. The quantitative estimate of drug-likeness (QED) is 0.500. The van der Waals surface area contributed by atoms with Crippen molar-refractivity contribution in [2.45, 2.75) is 0 Å². The summed E-state index contributed by atoms with van der Waals surface area (Å²) in [6, 6.07) is 8.91. The Morgan fingerprint density at radius 1 is 1.27 bits per heavy atom. The molecule has 9 heteroatoms. The van der Waals surface area contributed by atoms with Crippen LogP contribution in [0.2, 0.25) is 0 Å². The van der Waals surface area contributed by atoms with Crippen molar-refractivity contribution in [3.8, 4) is 23.0 Å². The van der Waals surface area contributed by atoms with E-state index in [0.29, 0.717) is 27.5 Å². The molecule has 1 N–H and O–H groups in total. The highest BCUT2D eigenvalue weighted by molar-refractivity contribution is 9.11. The number of nitrogens with zero attached hydrogens (tertiary/aromatic N) is 1. The lowest BCUT2D eigenvalue weighted by Crippen LogP contribution is -2.24. The van der Waals surface area contributed by atoms with Crippen molar-refractivity contribution in [1.82, 2.24) is 5.43 Å². The zero-order valence-electron chi connectivity index (χ0n) is 13.6.